The van der Waals surface area contributed by atoms with Gasteiger partial charge in [-0.15, -0.1) is 11.6 Å². The Kier molecular flexibility index (Phi) is 4.83. The van der Waals surface area contributed by atoms with Crippen LogP contribution in [0.4, 0.5) is 5.95 Å². The van der Waals surface area contributed by atoms with Crippen molar-refractivity contribution in [3.8, 4) is 0 Å². The average Bonchev–Trinajstić information content (AvgIpc) is 3.15. The fourth-order valence-electron chi connectivity index (χ4n) is 3.96. The Hall–Kier alpha value is -2.46. The molecule has 0 fully saturated rings. The largest absolute Gasteiger partial charge is 0.275 e. The van der Waals surface area contributed by atoms with E-state index in [0.717, 1.165) is 35.0 Å². The number of fused-ring (bicyclic) bond motifs is 2. The Morgan fingerprint density at radius 3 is 2.78 bits per heavy atom. The first-order chi connectivity index (χ1) is 13.1. The van der Waals surface area contributed by atoms with Gasteiger partial charge in [0.05, 0.1) is 17.8 Å². The molecule has 0 unspecified atom stereocenters. The van der Waals surface area contributed by atoms with Gasteiger partial charge in [0.15, 0.2) is 0 Å². The van der Waals surface area contributed by atoms with Gasteiger partial charge in [0.25, 0.3) is 0 Å². The number of carbonyl (C=O) groups excluding carboxylic acids is 1. The Morgan fingerprint density at radius 1 is 1.15 bits per heavy atom. The van der Waals surface area contributed by atoms with E-state index in [4.69, 9.17) is 11.6 Å². The molecule has 5 heteroatoms. The number of anilines is 1. The van der Waals surface area contributed by atoms with Crippen LogP contribution in [0.1, 0.15) is 34.4 Å². The number of para-hydroxylation sites is 1. The van der Waals surface area contributed by atoms with E-state index >= 15 is 0 Å². The molecule has 1 aliphatic rings. The highest BCUT2D eigenvalue weighted by Crippen LogP contribution is 2.28. The standard InChI is InChI=1S/C22H22ClN3O/c1-14-10-16(11-17-6-5-8-18(14)17)13-26(21(27)12-23)22-24-15(2)19-7-3-4-9-20(19)25-22/h3-4,7,9-11H,5-6,8,12-13H2,1-2H3. The smallest absolute Gasteiger partial charge is 0.244 e. The molecule has 4 rings (SSSR count). The molecule has 1 heterocycles. The first-order valence-corrected chi connectivity index (χ1v) is 9.81. The number of hydrogen-bond donors (Lipinski definition) is 0. The quantitative estimate of drug-likeness (QED) is 0.626. The second-order valence-electron chi connectivity index (χ2n) is 7.14. The highest BCUT2D eigenvalue weighted by atomic mass is 35.5. The molecule has 3 aromatic rings. The predicted octanol–water partition coefficient (Wildman–Crippen LogP) is 4.51. The summed E-state index contributed by atoms with van der Waals surface area (Å²) < 4.78 is 0. The number of hydrogen-bond acceptors (Lipinski definition) is 3. The van der Waals surface area contributed by atoms with E-state index < -0.39 is 0 Å². The lowest BCUT2D eigenvalue weighted by Gasteiger charge is -2.22. The maximum atomic E-state index is 12.6. The number of aromatic nitrogens is 2. The second kappa shape index (κ2) is 7.28. The second-order valence-corrected chi connectivity index (χ2v) is 7.41. The van der Waals surface area contributed by atoms with Crippen LogP contribution in [-0.2, 0) is 24.2 Å². The zero-order chi connectivity index (χ0) is 19.0. The van der Waals surface area contributed by atoms with Crippen molar-refractivity contribution in [3.05, 3.63) is 64.3 Å². The number of rotatable bonds is 4. The van der Waals surface area contributed by atoms with Crippen LogP contribution in [0, 0.1) is 13.8 Å². The van der Waals surface area contributed by atoms with Gasteiger partial charge < -0.3 is 0 Å². The lowest BCUT2D eigenvalue weighted by molar-refractivity contribution is -0.116. The van der Waals surface area contributed by atoms with Gasteiger partial charge in [0.1, 0.15) is 5.88 Å². The third-order valence-electron chi connectivity index (χ3n) is 5.28. The molecule has 0 saturated heterocycles. The third-order valence-corrected chi connectivity index (χ3v) is 5.51. The molecule has 2 aromatic carbocycles. The Labute approximate surface area is 164 Å². The Balaban J connectivity index is 1.75. The molecule has 0 aliphatic heterocycles. The molecule has 4 nitrogen and oxygen atoms in total. The van der Waals surface area contributed by atoms with E-state index in [9.17, 15) is 4.79 Å². The zero-order valence-corrected chi connectivity index (χ0v) is 16.4. The van der Waals surface area contributed by atoms with E-state index in [0.29, 0.717) is 12.5 Å². The Morgan fingerprint density at radius 2 is 1.96 bits per heavy atom. The number of carbonyl (C=O) groups is 1. The van der Waals surface area contributed by atoms with Gasteiger partial charge in [0, 0.05) is 5.39 Å². The van der Waals surface area contributed by atoms with Crippen molar-refractivity contribution < 1.29 is 4.79 Å². The van der Waals surface area contributed by atoms with Crippen molar-refractivity contribution in [1.29, 1.82) is 0 Å². The molecule has 0 radical (unpaired) electrons. The van der Waals surface area contributed by atoms with Gasteiger partial charge in [-0.1, -0.05) is 30.3 Å². The maximum absolute atomic E-state index is 12.6. The van der Waals surface area contributed by atoms with Crippen molar-refractivity contribution in [2.45, 2.75) is 39.7 Å². The topological polar surface area (TPSA) is 46.1 Å². The summed E-state index contributed by atoms with van der Waals surface area (Å²) in [5.74, 6) is 0.124. The lowest BCUT2D eigenvalue weighted by Crippen LogP contribution is -2.33. The maximum Gasteiger partial charge on any atom is 0.244 e. The number of alkyl halides is 1. The summed E-state index contributed by atoms with van der Waals surface area (Å²) in [6.07, 6.45) is 3.47. The fourth-order valence-corrected chi connectivity index (χ4v) is 4.11. The predicted molar refractivity (Wildman–Crippen MR) is 109 cm³/mol. The molecule has 0 atom stereocenters. The van der Waals surface area contributed by atoms with Crippen LogP contribution in [0.15, 0.2) is 36.4 Å². The highest BCUT2D eigenvalue weighted by molar-refractivity contribution is 6.29. The monoisotopic (exact) mass is 379 g/mol. The summed E-state index contributed by atoms with van der Waals surface area (Å²) in [6, 6.07) is 12.2. The summed E-state index contributed by atoms with van der Waals surface area (Å²) in [5.41, 5.74) is 6.95. The van der Waals surface area contributed by atoms with E-state index in [-0.39, 0.29) is 11.8 Å². The lowest BCUT2D eigenvalue weighted by atomic mass is 10.0. The molecule has 27 heavy (non-hydrogen) atoms. The summed E-state index contributed by atoms with van der Waals surface area (Å²) in [6.45, 7) is 4.52. The van der Waals surface area contributed by atoms with Crippen molar-refractivity contribution >= 4 is 34.4 Å². The summed E-state index contributed by atoms with van der Waals surface area (Å²) >= 11 is 5.90. The van der Waals surface area contributed by atoms with Gasteiger partial charge in [0.2, 0.25) is 11.9 Å². The minimum absolute atomic E-state index is 0.0981. The summed E-state index contributed by atoms with van der Waals surface area (Å²) in [4.78, 5) is 23.4. The van der Waals surface area contributed by atoms with Gasteiger partial charge in [-0.25, -0.2) is 9.97 Å². The van der Waals surface area contributed by atoms with Crippen molar-refractivity contribution in [2.75, 3.05) is 10.8 Å². The van der Waals surface area contributed by atoms with Crippen LogP contribution in [0.2, 0.25) is 0 Å². The first-order valence-electron chi connectivity index (χ1n) is 9.28. The van der Waals surface area contributed by atoms with Crippen molar-refractivity contribution in [3.63, 3.8) is 0 Å². The zero-order valence-electron chi connectivity index (χ0n) is 15.6. The molecule has 0 spiro atoms. The van der Waals surface area contributed by atoms with Crippen LogP contribution >= 0.6 is 11.6 Å². The van der Waals surface area contributed by atoms with Crippen LogP contribution in [-0.4, -0.2) is 21.8 Å². The molecule has 0 bridgehead atoms. The molecular formula is C22H22ClN3O. The van der Waals surface area contributed by atoms with Crippen LogP contribution < -0.4 is 4.90 Å². The minimum atomic E-state index is -0.190. The van der Waals surface area contributed by atoms with Gasteiger partial charge in [-0.05, 0) is 61.4 Å². The number of aryl methyl sites for hydroxylation is 3. The van der Waals surface area contributed by atoms with E-state index in [2.05, 4.69) is 29.0 Å². The Bertz CT molecular complexity index is 1030. The number of halogens is 1. The summed E-state index contributed by atoms with van der Waals surface area (Å²) in [5, 5.41) is 0.993. The SMILES string of the molecule is Cc1cc(CN(C(=O)CCl)c2nc(C)c3ccccc3n2)cc2c1CCC2. The van der Waals surface area contributed by atoms with Crippen molar-refractivity contribution in [1.82, 2.24) is 9.97 Å². The van der Waals surface area contributed by atoms with Crippen LogP contribution in [0.5, 0.6) is 0 Å². The van der Waals surface area contributed by atoms with Crippen LogP contribution in [0.25, 0.3) is 10.9 Å². The number of nitrogens with zero attached hydrogens (tertiary/aromatic N) is 3. The van der Waals surface area contributed by atoms with E-state index in [1.165, 1.54) is 23.1 Å². The van der Waals surface area contributed by atoms with Crippen LogP contribution in [0.3, 0.4) is 0 Å². The average molecular weight is 380 g/mol. The summed E-state index contributed by atoms with van der Waals surface area (Å²) in [7, 11) is 0. The van der Waals surface area contributed by atoms with Crippen molar-refractivity contribution in [2.24, 2.45) is 0 Å². The van der Waals surface area contributed by atoms with Gasteiger partial charge in [-0.3, -0.25) is 9.69 Å². The molecule has 0 N–H and O–H groups in total. The fraction of sp³-hybridized carbons (Fsp3) is 0.318. The number of amides is 1. The van der Waals surface area contributed by atoms with Gasteiger partial charge >= 0.3 is 0 Å². The molecular weight excluding hydrogens is 358 g/mol. The molecule has 1 amide bonds. The van der Waals surface area contributed by atoms with Gasteiger partial charge in [-0.2, -0.15) is 0 Å². The highest BCUT2D eigenvalue weighted by Gasteiger charge is 2.21. The molecule has 0 saturated carbocycles. The minimum Gasteiger partial charge on any atom is -0.275 e. The molecule has 1 aromatic heterocycles. The first kappa shape index (κ1) is 17.9. The van der Waals surface area contributed by atoms with E-state index in [1.54, 1.807) is 4.90 Å². The van der Waals surface area contributed by atoms with E-state index in [1.807, 2.05) is 31.2 Å². The third kappa shape index (κ3) is 3.42. The molecule has 138 valence electrons. The number of benzene rings is 2. The molecule has 1 aliphatic carbocycles. The normalized spacial score (nSPS) is 13.0.